The molecule has 3 radical (unpaired) electrons. The topological polar surface area (TPSA) is 57.0 Å². The summed E-state index contributed by atoms with van der Waals surface area (Å²) >= 11 is 0. The van der Waals surface area contributed by atoms with Crippen molar-refractivity contribution in [1.29, 1.82) is 0 Å². The van der Waals surface area contributed by atoms with E-state index in [0.29, 0.717) is 0 Å². The van der Waals surface area contributed by atoms with Crippen LogP contribution < -0.4 is 0 Å². The number of hydrogen-bond donors (Lipinski definition) is 0. The van der Waals surface area contributed by atoms with E-state index in [-0.39, 0.29) is 80.0 Å². The summed E-state index contributed by atoms with van der Waals surface area (Å²) in [4.78, 5) is 0. The maximum atomic E-state index is 0. The van der Waals surface area contributed by atoms with Gasteiger partial charge in [-0.1, -0.05) is 0 Å². The van der Waals surface area contributed by atoms with Gasteiger partial charge in [0, 0.05) is 0 Å². The van der Waals surface area contributed by atoms with Gasteiger partial charge in [0.25, 0.3) is 0 Å². The predicted octanol–water partition coefficient (Wildman–Crippen LogP) is -0.618. The van der Waals surface area contributed by atoms with Crippen LogP contribution >= 0.6 is 0 Å². The quantitative estimate of drug-likeness (QED) is 0.504. The fourth-order valence-corrected chi connectivity index (χ4v) is 0. The molecule has 0 aliphatic carbocycles. The van der Waals surface area contributed by atoms with Gasteiger partial charge < -0.3 is 11.0 Å². The Bertz CT molecular complexity index is 6.00. The molecule has 4 heteroatoms. The molecule has 4 heavy (non-hydrogen) atoms. The molecule has 0 aromatic rings. The van der Waals surface area contributed by atoms with Crippen molar-refractivity contribution >= 4 is 27.3 Å². The molecular weight excluding hydrogens is 379 g/mol. The summed E-state index contributed by atoms with van der Waals surface area (Å²) in [7, 11) is 0. The van der Waals surface area contributed by atoms with Gasteiger partial charge in [0.2, 0.25) is 0 Å². The molecule has 2 nitrogen and oxygen atoms in total. The molecule has 0 fully saturated rings. The van der Waals surface area contributed by atoms with Crippen LogP contribution in [0.1, 0.15) is 0 Å². The molecule has 0 rings (SSSR count). The van der Waals surface area contributed by atoms with Gasteiger partial charge in [0.1, 0.15) is 0 Å². The molecule has 0 bridgehead atoms. The molecular formula is CeO2Pb+. The summed E-state index contributed by atoms with van der Waals surface area (Å²) in [6.45, 7) is 0. The maximum absolute atomic E-state index is 0. The summed E-state index contributed by atoms with van der Waals surface area (Å²) in [5.41, 5.74) is 0. The van der Waals surface area contributed by atoms with Crippen molar-refractivity contribution < 1.29 is 52.7 Å². The number of hydrogen-bond acceptors (Lipinski definition) is 0. The molecule has 0 heterocycles. The van der Waals surface area contributed by atoms with Crippen molar-refractivity contribution in [2.75, 3.05) is 0 Å². The average Bonchev–Trinajstić information content (AvgIpc) is 0. The molecule has 0 spiro atoms. The van der Waals surface area contributed by atoms with Crippen molar-refractivity contribution in [3.8, 4) is 0 Å². The molecule has 0 amide bonds. The minimum atomic E-state index is 0. The van der Waals surface area contributed by atoms with Gasteiger partial charge in [0.15, 0.2) is 0 Å². The second-order valence-electron chi connectivity index (χ2n) is 0. The van der Waals surface area contributed by atoms with Crippen LogP contribution in [-0.4, -0.2) is 27.3 Å². The van der Waals surface area contributed by atoms with E-state index in [9.17, 15) is 0 Å². The molecule has 0 atom stereocenters. The van der Waals surface area contributed by atoms with E-state index >= 15 is 0 Å². The first-order valence-electron chi connectivity index (χ1n) is 0. The first kappa shape index (κ1) is 34.4. The molecule has 0 saturated carbocycles. The van der Waals surface area contributed by atoms with Gasteiger partial charge >= 0.3 is 69.0 Å². The SMILES string of the molecule is [Ce+3].[O-2].[O-2].[Pb+2]. The van der Waals surface area contributed by atoms with Gasteiger partial charge in [-0.3, -0.25) is 0 Å². The van der Waals surface area contributed by atoms with E-state index < -0.39 is 0 Å². The third-order valence-corrected chi connectivity index (χ3v) is 0. The largest absolute Gasteiger partial charge is 3.00 e. The monoisotopic (exact) mass is 380 g/mol. The average molecular weight is 379 g/mol. The third kappa shape index (κ3) is 8.88. The van der Waals surface area contributed by atoms with Crippen LogP contribution in [0.3, 0.4) is 0 Å². The van der Waals surface area contributed by atoms with Crippen LogP contribution in [0.2, 0.25) is 0 Å². The van der Waals surface area contributed by atoms with Crippen molar-refractivity contribution in [3.63, 3.8) is 0 Å². The van der Waals surface area contributed by atoms with E-state index in [4.69, 9.17) is 0 Å². The van der Waals surface area contributed by atoms with Gasteiger partial charge in [-0.15, -0.1) is 0 Å². The third-order valence-electron chi connectivity index (χ3n) is 0. The van der Waals surface area contributed by atoms with Crippen LogP contribution in [0.25, 0.3) is 0 Å². The Morgan fingerprint density at radius 3 is 0.750 bits per heavy atom. The molecule has 0 unspecified atom stereocenters. The molecule has 0 saturated heterocycles. The van der Waals surface area contributed by atoms with Crippen LogP contribution in [0.5, 0.6) is 0 Å². The van der Waals surface area contributed by atoms with Crippen molar-refractivity contribution in [1.82, 2.24) is 0 Å². The van der Waals surface area contributed by atoms with E-state index in [2.05, 4.69) is 0 Å². The Labute approximate surface area is 78.5 Å². The zero-order valence-electron chi connectivity index (χ0n) is 1.82. The van der Waals surface area contributed by atoms with Gasteiger partial charge in [-0.2, -0.15) is 0 Å². The standard InChI is InChI=1S/Ce.2O.Pb/q+3;2*-2;+2. The van der Waals surface area contributed by atoms with Crippen LogP contribution in [0.4, 0.5) is 0 Å². The molecule has 0 aliphatic rings. The zero-order valence-corrected chi connectivity index (χ0v) is 8.84. The molecule has 0 aromatic heterocycles. The molecule has 19 valence electrons. The second-order valence-corrected chi connectivity index (χ2v) is 0. The predicted molar refractivity (Wildman–Crippen MR) is 7.13 cm³/mol. The Morgan fingerprint density at radius 1 is 0.750 bits per heavy atom. The van der Waals surface area contributed by atoms with E-state index in [1.165, 1.54) is 0 Å². The molecule has 0 N–H and O–H groups in total. The second kappa shape index (κ2) is 18.9. The zero-order chi connectivity index (χ0) is 0. The van der Waals surface area contributed by atoms with Crippen molar-refractivity contribution in [2.45, 2.75) is 0 Å². The fourth-order valence-electron chi connectivity index (χ4n) is 0. The van der Waals surface area contributed by atoms with Crippen LogP contribution in [0.15, 0.2) is 0 Å². The van der Waals surface area contributed by atoms with Crippen LogP contribution in [0, 0.1) is 41.7 Å². The normalized spacial score (nSPS) is 0. The fraction of sp³-hybridized carbons (Fsp3) is 0. The summed E-state index contributed by atoms with van der Waals surface area (Å²) < 4.78 is 0. The summed E-state index contributed by atoms with van der Waals surface area (Å²) in [6, 6.07) is 0. The Balaban J connectivity index is 0. The van der Waals surface area contributed by atoms with E-state index in [1.807, 2.05) is 0 Å². The smallest absolute Gasteiger partial charge is 2.00 e. The minimum absolute atomic E-state index is 0. The van der Waals surface area contributed by atoms with E-state index in [0.717, 1.165) is 0 Å². The first-order chi connectivity index (χ1) is 0. The van der Waals surface area contributed by atoms with Gasteiger partial charge in [-0.25, -0.2) is 0 Å². The van der Waals surface area contributed by atoms with Crippen LogP contribution in [-0.2, 0) is 11.0 Å². The summed E-state index contributed by atoms with van der Waals surface area (Å²) in [5, 5.41) is 0. The Hall–Kier alpha value is 2.22. The van der Waals surface area contributed by atoms with Gasteiger partial charge in [0.05, 0.1) is 0 Å². The van der Waals surface area contributed by atoms with Crippen molar-refractivity contribution in [2.24, 2.45) is 0 Å². The Kier molecular flexibility index (Phi) is 162. The van der Waals surface area contributed by atoms with Gasteiger partial charge in [-0.05, 0) is 0 Å². The Morgan fingerprint density at radius 2 is 0.750 bits per heavy atom. The number of rotatable bonds is 0. The maximum Gasteiger partial charge on any atom is 3.00 e. The van der Waals surface area contributed by atoms with Crippen molar-refractivity contribution in [3.05, 3.63) is 0 Å². The van der Waals surface area contributed by atoms with E-state index in [1.54, 1.807) is 0 Å². The molecule has 0 aromatic carbocycles. The molecule has 0 aliphatic heterocycles. The minimum Gasteiger partial charge on any atom is -2.00 e. The summed E-state index contributed by atoms with van der Waals surface area (Å²) in [5.74, 6) is 0. The summed E-state index contributed by atoms with van der Waals surface area (Å²) in [6.07, 6.45) is 0. The first-order valence-corrected chi connectivity index (χ1v) is 0.